The van der Waals surface area contributed by atoms with Gasteiger partial charge in [0.05, 0.1) is 12.8 Å². The number of nitrogens with one attached hydrogen (secondary N) is 1. The molecular formula is C13H14N4O. The first-order valence-electron chi connectivity index (χ1n) is 5.82. The van der Waals surface area contributed by atoms with Gasteiger partial charge in [-0.05, 0) is 18.6 Å². The molecule has 0 bridgehead atoms. The molecule has 0 atom stereocenters. The van der Waals surface area contributed by atoms with Crippen molar-refractivity contribution >= 4 is 11.8 Å². The fourth-order valence-corrected chi connectivity index (χ4v) is 2.20. The third kappa shape index (κ3) is 1.73. The second-order valence-corrected chi connectivity index (χ2v) is 4.17. The summed E-state index contributed by atoms with van der Waals surface area (Å²) in [6.07, 6.45) is 0.919. The van der Waals surface area contributed by atoms with Crippen LogP contribution in [0, 0.1) is 0 Å². The summed E-state index contributed by atoms with van der Waals surface area (Å²) in [5.74, 6) is 1.95. The summed E-state index contributed by atoms with van der Waals surface area (Å²) < 4.78 is 5.24. The highest BCUT2D eigenvalue weighted by molar-refractivity contribution is 5.72. The normalized spacial score (nSPS) is 12.9. The highest BCUT2D eigenvalue weighted by Crippen LogP contribution is 2.32. The molecule has 0 saturated heterocycles. The maximum Gasteiger partial charge on any atom is 0.222 e. The lowest BCUT2D eigenvalue weighted by Gasteiger charge is -2.09. The van der Waals surface area contributed by atoms with Gasteiger partial charge >= 0.3 is 0 Å². The Balaban J connectivity index is 2.16. The third-order valence-electron chi connectivity index (χ3n) is 3.04. The van der Waals surface area contributed by atoms with Crippen molar-refractivity contribution < 1.29 is 4.74 Å². The lowest BCUT2D eigenvalue weighted by molar-refractivity contribution is 0.415. The molecule has 2 aromatic rings. The van der Waals surface area contributed by atoms with Crippen LogP contribution in [0.5, 0.6) is 5.75 Å². The number of methoxy groups -OCH3 is 1. The third-order valence-corrected chi connectivity index (χ3v) is 3.04. The summed E-state index contributed by atoms with van der Waals surface area (Å²) in [6, 6.07) is 7.82. The quantitative estimate of drug-likeness (QED) is 0.838. The van der Waals surface area contributed by atoms with Gasteiger partial charge in [-0.15, -0.1) is 0 Å². The first kappa shape index (κ1) is 10.8. The van der Waals surface area contributed by atoms with E-state index < -0.39 is 0 Å². The number of aromatic nitrogens is 2. The molecule has 0 spiro atoms. The molecule has 0 fully saturated rings. The average Bonchev–Trinajstić information content (AvgIpc) is 2.85. The Morgan fingerprint density at radius 1 is 1.33 bits per heavy atom. The minimum atomic E-state index is 0.293. The number of ether oxygens (including phenoxy) is 1. The fraction of sp³-hybridized carbons (Fsp3) is 0.231. The average molecular weight is 242 g/mol. The molecule has 1 aliphatic heterocycles. The molecule has 5 heteroatoms. The molecule has 0 radical (unpaired) electrons. The number of rotatable bonds is 2. The number of nitrogens with two attached hydrogens (primary N) is 1. The minimum Gasteiger partial charge on any atom is -0.497 e. The zero-order chi connectivity index (χ0) is 12.5. The van der Waals surface area contributed by atoms with Gasteiger partial charge in [0.15, 0.2) is 0 Å². The van der Waals surface area contributed by atoms with Gasteiger partial charge < -0.3 is 15.8 Å². The van der Waals surface area contributed by atoms with Gasteiger partial charge in [-0.25, -0.2) is 4.98 Å². The first-order valence-corrected chi connectivity index (χ1v) is 5.82. The van der Waals surface area contributed by atoms with Crippen molar-refractivity contribution in [1.82, 2.24) is 9.97 Å². The Bertz CT molecular complexity index is 598. The Labute approximate surface area is 105 Å². The van der Waals surface area contributed by atoms with E-state index in [1.165, 1.54) is 0 Å². The van der Waals surface area contributed by atoms with Crippen LogP contribution in [0.25, 0.3) is 11.3 Å². The smallest absolute Gasteiger partial charge is 0.222 e. The van der Waals surface area contributed by atoms with Crippen molar-refractivity contribution in [3.05, 3.63) is 29.8 Å². The zero-order valence-corrected chi connectivity index (χ0v) is 10.1. The molecule has 18 heavy (non-hydrogen) atoms. The molecule has 0 aliphatic carbocycles. The number of nitrogen functional groups attached to an aromatic ring is 1. The van der Waals surface area contributed by atoms with E-state index >= 15 is 0 Å². The van der Waals surface area contributed by atoms with Crippen LogP contribution in [0.1, 0.15) is 5.56 Å². The first-order chi connectivity index (χ1) is 8.78. The molecule has 3 rings (SSSR count). The largest absolute Gasteiger partial charge is 0.497 e. The molecule has 0 saturated carbocycles. The standard InChI is InChI=1S/C13H14N4O/c1-18-9-4-2-3-8(7-9)11-10-5-6-15-12(10)17-13(14)16-11/h2-4,7H,5-6H2,1H3,(H3,14,15,16,17). The monoisotopic (exact) mass is 242 g/mol. The van der Waals surface area contributed by atoms with E-state index in [0.29, 0.717) is 5.95 Å². The molecule has 92 valence electrons. The van der Waals surface area contributed by atoms with E-state index in [1.54, 1.807) is 7.11 Å². The van der Waals surface area contributed by atoms with Gasteiger partial charge in [-0.3, -0.25) is 0 Å². The molecule has 2 heterocycles. The van der Waals surface area contributed by atoms with E-state index in [9.17, 15) is 0 Å². The van der Waals surface area contributed by atoms with Crippen molar-refractivity contribution in [2.75, 3.05) is 24.7 Å². The molecule has 1 aromatic carbocycles. The lowest BCUT2D eigenvalue weighted by atomic mass is 10.1. The molecule has 1 aliphatic rings. The van der Waals surface area contributed by atoms with E-state index in [2.05, 4.69) is 15.3 Å². The number of benzene rings is 1. The number of hydrogen-bond donors (Lipinski definition) is 2. The van der Waals surface area contributed by atoms with Crippen molar-refractivity contribution in [3.63, 3.8) is 0 Å². The predicted molar refractivity (Wildman–Crippen MR) is 70.6 cm³/mol. The Morgan fingerprint density at radius 2 is 2.22 bits per heavy atom. The van der Waals surface area contributed by atoms with E-state index in [1.807, 2.05) is 24.3 Å². The minimum absolute atomic E-state index is 0.293. The van der Waals surface area contributed by atoms with Gasteiger partial charge in [-0.1, -0.05) is 12.1 Å². The van der Waals surface area contributed by atoms with Gasteiger partial charge in [-0.2, -0.15) is 4.98 Å². The lowest BCUT2D eigenvalue weighted by Crippen LogP contribution is -2.01. The van der Waals surface area contributed by atoms with Crippen molar-refractivity contribution in [3.8, 4) is 17.0 Å². The van der Waals surface area contributed by atoms with Crippen molar-refractivity contribution in [1.29, 1.82) is 0 Å². The second kappa shape index (κ2) is 4.18. The topological polar surface area (TPSA) is 73.1 Å². The fourth-order valence-electron chi connectivity index (χ4n) is 2.20. The molecule has 0 amide bonds. The Morgan fingerprint density at radius 3 is 3.06 bits per heavy atom. The number of hydrogen-bond acceptors (Lipinski definition) is 5. The molecule has 3 N–H and O–H groups in total. The van der Waals surface area contributed by atoms with E-state index in [-0.39, 0.29) is 0 Å². The summed E-state index contributed by atoms with van der Waals surface area (Å²) >= 11 is 0. The maximum atomic E-state index is 5.75. The zero-order valence-electron chi connectivity index (χ0n) is 10.1. The van der Waals surface area contributed by atoms with Crippen LogP contribution in [-0.2, 0) is 6.42 Å². The highest BCUT2D eigenvalue weighted by atomic mass is 16.5. The van der Waals surface area contributed by atoms with E-state index in [0.717, 1.165) is 41.4 Å². The maximum absolute atomic E-state index is 5.75. The van der Waals surface area contributed by atoms with Crippen molar-refractivity contribution in [2.45, 2.75) is 6.42 Å². The summed E-state index contributed by atoms with van der Waals surface area (Å²) in [7, 11) is 1.65. The van der Waals surface area contributed by atoms with Crippen LogP contribution in [0.4, 0.5) is 11.8 Å². The van der Waals surface area contributed by atoms with Crippen molar-refractivity contribution in [2.24, 2.45) is 0 Å². The number of nitrogens with zero attached hydrogens (tertiary/aromatic N) is 2. The molecule has 0 unspecified atom stereocenters. The SMILES string of the molecule is COc1cccc(-c2nc(N)nc3c2CCN3)c1. The summed E-state index contributed by atoms with van der Waals surface area (Å²) in [5, 5.41) is 3.22. The molecular weight excluding hydrogens is 228 g/mol. The second-order valence-electron chi connectivity index (χ2n) is 4.17. The Kier molecular flexibility index (Phi) is 2.51. The number of anilines is 2. The van der Waals surface area contributed by atoms with Gasteiger partial charge in [0, 0.05) is 17.7 Å². The Hall–Kier alpha value is -2.30. The molecule has 1 aromatic heterocycles. The van der Waals surface area contributed by atoms with Gasteiger partial charge in [0.25, 0.3) is 0 Å². The summed E-state index contributed by atoms with van der Waals surface area (Å²) in [5.41, 5.74) is 8.76. The summed E-state index contributed by atoms with van der Waals surface area (Å²) in [6.45, 7) is 0.879. The van der Waals surface area contributed by atoms with Gasteiger partial charge in [0.1, 0.15) is 11.6 Å². The van der Waals surface area contributed by atoms with E-state index in [4.69, 9.17) is 10.5 Å². The van der Waals surface area contributed by atoms with Crippen LogP contribution in [0.15, 0.2) is 24.3 Å². The van der Waals surface area contributed by atoms with Crippen LogP contribution < -0.4 is 15.8 Å². The van der Waals surface area contributed by atoms with Crippen LogP contribution >= 0.6 is 0 Å². The van der Waals surface area contributed by atoms with Crippen LogP contribution in [-0.4, -0.2) is 23.6 Å². The van der Waals surface area contributed by atoms with Crippen LogP contribution in [0.2, 0.25) is 0 Å². The molecule has 5 nitrogen and oxygen atoms in total. The highest BCUT2D eigenvalue weighted by Gasteiger charge is 2.19. The summed E-state index contributed by atoms with van der Waals surface area (Å²) in [4.78, 5) is 8.57. The number of fused-ring (bicyclic) bond motifs is 1. The predicted octanol–water partition coefficient (Wildman–Crippen LogP) is 1.70. The van der Waals surface area contributed by atoms with Gasteiger partial charge in [0.2, 0.25) is 5.95 Å². The van der Waals surface area contributed by atoms with Crippen LogP contribution in [0.3, 0.4) is 0 Å².